The highest BCUT2D eigenvalue weighted by molar-refractivity contribution is 14.1. The van der Waals surface area contributed by atoms with E-state index in [4.69, 9.17) is 9.84 Å². The Kier molecular flexibility index (Phi) is 4.13. The first-order valence-electron chi connectivity index (χ1n) is 5.17. The quantitative estimate of drug-likeness (QED) is 0.822. The van der Waals surface area contributed by atoms with Crippen LogP contribution >= 0.6 is 22.6 Å². The zero-order chi connectivity index (χ0) is 13.0. The van der Waals surface area contributed by atoms with Crippen LogP contribution in [0.5, 0.6) is 5.75 Å². The summed E-state index contributed by atoms with van der Waals surface area (Å²) in [7, 11) is 0. The molecule has 0 aliphatic heterocycles. The molecule has 7 heteroatoms. The molecular weight excluding hydrogens is 349 g/mol. The van der Waals surface area contributed by atoms with Crippen molar-refractivity contribution in [3.05, 3.63) is 39.7 Å². The molecule has 2 rings (SSSR count). The van der Waals surface area contributed by atoms with Crippen LogP contribution in [-0.2, 0) is 6.54 Å². The SMILES string of the molecule is O=C(O)c1cn(CCOc2ccccc2I)nn1. The lowest BCUT2D eigenvalue weighted by molar-refractivity contribution is 0.0690. The molecule has 0 aliphatic rings. The summed E-state index contributed by atoms with van der Waals surface area (Å²) >= 11 is 2.19. The van der Waals surface area contributed by atoms with E-state index in [1.165, 1.54) is 10.9 Å². The first-order valence-corrected chi connectivity index (χ1v) is 6.25. The highest BCUT2D eigenvalue weighted by Crippen LogP contribution is 2.19. The molecule has 0 aliphatic carbocycles. The van der Waals surface area contributed by atoms with E-state index in [1.54, 1.807) is 0 Å². The molecule has 0 spiro atoms. The van der Waals surface area contributed by atoms with Crippen molar-refractivity contribution in [2.45, 2.75) is 6.54 Å². The number of carboxylic acids is 1. The fourth-order valence-electron chi connectivity index (χ4n) is 1.32. The predicted molar refractivity (Wildman–Crippen MR) is 71.6 cm³/mol. The summed E-state index contributed by atoms with van der Waals surface area (Å²) in [5, 5.41) is 15.9. The van der Waals surface area contributed by atoms with Gasteiger partial charge in [-0.1, -0.05) is 17.3 Å². The van der Waals surface area contributed by atoms with Crippen molar-refractivity contribution in [2.24, 2.45) is 0 Å². The fourth-order valence-corrected chi connectivity index (χ4v) is 1.86. The van der Waals surface area contributed by atoms with Crippen LogP contribution in [0, 0.1) is 3.57 Å². The number of rotatable bonds is 5. The minimum Gasteiger partial charge on any atom is -0.491 e. The van der Waals surface area contributed by atoms with Gasteiger partial charge in [0.15, 0.2) is 5.69 Å². The van der Waals surface area contributed by atoms with E-state index >= 15 is 0 Å². The third-order valence-electron chi connectivity index (χ3n) is 2.17. The molecule has 6 nitrogen and oxygen atoms in total. The van der Waals surface area contributed by atoms with Gasteiger partial charge in [-0.3, -0.25) is 0 Å². The van der Waals surface area contributed by atoms with Crippen molar-refractivity contribution < 1.29 is 14.6 Å². The number of carboxylic acid groups (broad SMARTS) is 1. The monoisotopic (exact) mass is 359 g/mol. The van der Waals surface area contributed by atoms with Crippen molar-refractivity contribution in [1.29, 1.82) is 0 Å². The number of aromatic nitrogens is 3. The van der Waals surface area contributed by atoms with Crippen molar-refractivity contribution in [3.63, 3.8) is 0 Å². The van der Waals surface area contributed by atoms with Gasteiger partial charge in [0.2, 0.25) is 0 Å². The summed E-state index contributed by atoms with van der Waals surface area (Å²) in [4.78, 5) is 10.6. The number of benzene rings is 1. The lowest BCUT2D eigenvalue weighted by atomic mass is 10.3. The highest BCUT2D eigenvalue weighted by atomic mass is 127. The van der Waals surface area contributed by atoms with Crippen LogP contribution in [0.25, 0.3) is 0 Å². The van der Waals surface area contributed by atoms with Gasteiger partial charge >= 0.3 is 5.97 Å². The number of para-hydroxylation sites is 1. The Morgan fingerprint density at radius 1 is 1.44 bits per heavy atom. The molecule has 0 amide bonds. The van der Waals surface area contributed by atoms with Crippen LogP contribution < -0.4 is 4.74 Å². The Morgan fingerprint density at radius 2 is 2.22 bits per heavy atom. The Hall–Kier alpha value is -1.64. The fraction of sp³-hybridized carbons (Fsp3) is 0.182. The lowest BCUT2D eigenvalue weighted by Crippen LogP contribution is -2.09. The van der Waals surface area contributed by atoms with Gasteiger partial charge in [-0.15, -0.1) is 5.10 Å². The van der Waals surface area contributed by atoms with Crippen LogP contribution in [0.4, 0.5) is 0 Å². The summed E-state index contributed by atoms with van der Waals surface area (Å²) in [6.07, 6.45) is 1.38. The number of halogens is 1. The number of ether oxygens (including phenoxy) is 1. The minimum atomic E-state index is -1.08. The first kappa shape index (κ1) is 12.8. The van der Waals surface area contributed by atoms with Gasteiger partial charge in [0.1, 0.15) is 12.4 Å². The Morgan fingerprint density at radius 3 is 2.89 bits per heavy atom. The van der Waals surface area contributed by atoms with E-state index in [9.17, 15) is 4.79 Å². The largest absolute Gasteiger partial charge is 0.491 e. The average Bonchev–Trinajstić information content (AvgIpc) is 2.80. The molecule has 0 unspecified atom stereocenters. The molecular formula is C11H10IN3O3. The van der Waals surface area contributed by atoms with Gasteiger partial charge in [-0.25, -0.2) is 9.48 Å². The molecule has 0 bridgehead atoms. The van der Waals surface area contributed by atoms with Gasteiger partial charge in [0.25, 0.3) is 0 Å². The van der Waals surface area contributed by atoms with Crippen molar-refractivity contribution in [2.75, 3.05) is 6.61 Å². The maximum atomic E-state index is 10.6. The third kappa shape index (κ3) is 3.19. The van der Waals surface area contributed by atoms with Crippen LogP contribution in [-0.4, -0.2) is 32.7 Å². The van der Waals surface area contributed by atoms with E-state index in [2.05, 4.69) is 32.9 Å². The first-order chi connectivity index (χ1) is 8.66. The molecule has 1 aromatic carbocycles. The molecule has 2 aromatic rings. The summed E-state index contributed by atoms with van der Waals surface area (Å²) in [6, 6.07) is 7.67. The second-order valence-corrected chi connectivity index (χ2v) is 4.61. The molecule has 18 heavy (non-hydrogen) atoms. The van der Waals surface area contributed by atoms with Gasteiger partial charge in [0.05, 0.1) is 16.3 Å². The number of aromatic carboxylic acids is 1. The van der Waals surface area contributed by atoms with Crippen LogP contribution in [0.3, 0.4) is 0 Å². The minimum absolute atomic E-state index is 0.0655. The summed E-state index contributed by atoms with van der Waals surface area (Å²) in [5.74, 6) is -0.281. The molecule has 0 fully saturated rings. The average molecular weight is 359 g/mol. The molecule has 1 N–H and O–H groups in total. The topological polar surface area (TPSA) is 77.2 Å². The van der Waals surface area contributed by atoms with Crippen molar-refractivity contribution >= 4 is 28.6 Å². The van der Waals surface area contributed by atoms with Gasteiger partial charge < -0.3 is 9.84 Å². The summed E-state index contributed by atoms with van der Waals surface area (Å²) in [5.41, 5.74) is -0.0655. The van der Waals surface area contributed by atoms with Crippen LogP contribution in [0.15, 0.2) is 30.5 Å². The molecule has 0 saturated carbocycles. The second-order valence-electron chi connectivity index (χ2n) is 3.45. The van der Waals surface area contributed by atoms with E-state index in [1.807, 2.05) is 24.3 Å². The predicted octanol–water partition coefficient (Wildman–Crippen LogP) is 1.66. The van der Waals surface area contributed by atoms with Crippen LogP contribution in [0.2, 0.25) is 0 Å². The Labute approximate surface area is 117 Å². The highest BCUT2D eigenvalue weighted by Gasteiger charge is 2.08. The molecule has 0 atom stereocenters. The molecule has 0 radical (unpaired) electrons. The van der Waals surface area contributed by atoms with E-state index in [0.717, 1.165) is 9.32 Å². The van der Waals surface area contributed by atoms with Crippen molar-refractivity contribution in [1.82, 2.24) is 15.0 Å². The zero-order valence-corrected chi connectivity index (χ0v) is 11.4. The van der Waals surface area contributed by atoms with E-state index in [0.29, 0.717) is 13.2 Å². The smallest absolute Gasteiger partial charge is 0.358 e. The summed E-state index contributed by atoms with van der Waals surface area (Å²) < 4.78 is 8.04. The van der Waals surface area contributed by atoms with Gasteiger partial charge in [-0.05, 0) is 34.7 Å². The molecule has 1 heterocycles. The maximum Gasteiger partial charge on any atom is 0.358 e. The summed E-state index contributed by atoms with van der Waals surface area (Å²) in [6.45, 7) is 0.855. The number of hydrogen-bond acceptors (Lipinski definition) is 4. The molecule has 94 valence electrons. The number of hydrogen-bond donors (Lipinski definition) is 1. The number of nitrogens with zero attached hydrogens (tertiary/aromatic N) is 3. The third-order valence-corrected chi connectivity index (χ3v) is 3.06. The van der Waals surface area contributed by atoms with E-state index < -0.39 is 5.97 Å². The standard InChI is InChI=1S/C11H10IN3O3/c12-8-3-1-2-4-10(8)18-6-5-15-7-9(11(16)17)13-14-15/h1-4,7H,5-6H2,(H,16,17). The van der Waals surface area contributed by atoms with Crippen LogP contribution in [0.1, 0.15) is 10.5 Å². The number of carbonyl (C=O) groups is 1. The molecule has 0 saturated heterocycles. The zero-order valence-electron chi connectivity index (χ0n) is 9.28. The van der Waals surface area contributed by atoms with Gasteiger partial charge in [-0.2, -0.15) is 0 Å². The normalized spacial score (nSPS) is 10.3. The van der Waals surface area contributed by atoms with Crippen molar-refractivity contribution in [3.8, 4) is 5.75 Å². The lowest BCUT2D eigenvalue weighted by Gasteiger charge is -2.07. The maximum absolute atomic E-state index is 10.6. The van der Waals surface area contributed by atoms with Gasteiger partial charge in [0, 0.05) is 0 Å². The Bertz CT molecular complexity index is 556. The van der Waals surface area contributed by atoms with E-state index in [-0.39, 0.29) is 5.69 Å². The molecule has 1 aromatic heterocycles. The Balaban J connectivity index is 1.88. The second kappa shape index (κ2) is 5.80.